The summed E-state index contributed by atoms with van der Waals surface area (Å²) in [6, 6.07) is 12.4. The molecule has 0 bridgehead atoms. The molecule has 7 heteroatoms. The summed E-state index contributed by atoms with van der Waals surface area (Å²) >= 11 is 1.64. The van der Waals surface area contributed by atoms with E-state index in [-0.39, 0.29) is 0 Å². The first-order valence-corrected chi connectivity index (χ1v) is 12.4. The van der Waals surface area contributed by atoms with E-state index < -0.39 is 16.9 Å². The van der Waals surface area contributed by atoms with Crippen molar-refractivity contribution in [3.8, 4) is 0 Å². The van der Waals surface area contributed by atoms with Gasteiger partial charge in [0.1, 0.15) is 0 Å². The number of hydrogen-bond donors (Lipinski definition) is 2. The molecule has 0 spiro atoms. The Bertz CT molecular complexity index is 1100. The van der Waals surface area contributed by atoms with E-state index in [2.05, 4.69) is 40.5 Å². The first-order valence-electron chi connectivity index (χ1n) is 10.3. The minimum Gasteiger partial charge on any atom is -0.366 e. The van der Waals surface area contributed by atoms with E-state index in [0.717, 1.165) is 46.6 Å². The first kappa shape index (κ1) is 21.2. The van der Waals surface area contributed by atoms with Crippen LogP contribution in [0.15, 0.2) is 52.4 Å². The summed E-state index contributed by atoms with van der Waals surface area (Å²) in [6.45, 7) is 5.70. The molecule has 1 saturated heterocycles. The lowest BCUT2D eigenvalue weighted by atomic mass is 9.89. The zero-order valence-corrected chi connectivity index (χ0v) is 18.9. The Morgan fingerprint density at radius 2 is 2.00 bits per heavy atom. The Morgan fingerprint density at radius 3 is 2.67 bits per heavy atom. The van der Waals surface area contributed by atoms with Crippen molar-refractivity contribution >= 4 is 39.6 Å². The lowest BCUT2D eigenvalue weighted by molar-refractivity contribution is 0.100. The minimum atomic E-state index is -0.879. The maximum absolute atomic E-state index is 12.2. The van der Waals surface area contributed by atoms with E-state index in [1.807, 2.05) is 25.3 Å². The molecule has 0 radical (unpaired) electrons. The maximum atomic E-state index is 12.2. The van der Waals surface area contributed by atoms with Crippen molar-refractivity contribution in [3.63, 3.8) is 0 Å². The van der Waals surface area contributed by atoms with Crippen molar-refractivity contribution in [1.82, 2.24) is 9.29 Å². The SMILES string of the molecule is CCS(=O)N1CCC(c2c[nH]c3c(C(N)=O)cc(Sc4cccc(C)c4)cc23)CC1. The molecule has 158 valence electrons. The van der Waals surface area contributed by atoms with Gasteiger partial charge in [0.05, 0.1) is 22.1 Å². The predicted octanol–water partition coefficient (Wildman–Crippen LogP) is 4.59. The van der Waals surface area contributed by atoms with Crippen LogP contribution in [0.4, 0.5) is 0 Å². The molecule has 2 aromatic carbocycles. The molecular formula is C23H27N3O2S2. The fraction of sp³-hybridized carbons (Fsp3) is 0.348. The van der Waals surface area contributed by atoms with E-state index in [1.165, 1.54) is 11.1 Å². The fourth-order valence-corrected chi connectivity index (χ4v) is 6.19. The molecule has 1 aliphatic rings. The number of H-pyrrole nitrogens is 1. The largest absolute Gasteiger partial charge is 0.366 e. The van der Waals surface area contributed by atoms with Crippen LogP contribution < -0.4 is 5.73 Å². The number of carbonyl (C=O) groups is 1. The summed E-state index contributed by atoms with van der Waals surface area (Å²) in [5, 5.41) is 1.07. The number of piperidine rings is 1. The van der Waals surface area contributed by atoms with Crippen LogP contribution in [-0.2, 0) is 11.0 Å². The van der Waals surface area contributed by atoms with Gasteiger partial charge in [-0.05, 0) is 55.5 Å². The number of carbonyl (C=O) groups excluding carboxylic acids is 1. The van der Waals surface area contributed by atoms with Gasteiger partial charge in [-0.3, -0.25) is 4.79 Å². The molecule has 1 aromatic heterocycles. The number of amides is 1. The first-order chi connectivity index (χ1) is 14.5. The van der Waals surface area contributed by atoms with Crippen LogP contribution in [0.3, 0.4) is 0 Å². The summed E-state index contributed by atoms with van der Waals surface area (Å²) in [6.07, 6.45) is 3.94. The van der Waals surface area contributed by atoms with Crippen molar-refractivity contribution in [3.05, 3.63) is 59.3 Å². The summed E-state index contributed by atoms with van der Waals surface area (Å²) < 4.78 is 14.2. The third-order valence-corrected chi connectivity index (χ3v) is 8.11. The summed E-state index contributed by atoms with van der Waals surface area (Å²) in [4.78, 5) is 17.6. The number of aromatic amines is 1. The minimum absolute atomic E-state index is 0.379. The number of nitrogens with one attached hydrogen (secondary N) is 1. The fourth-order valence-electron chi connectivity index (χ4n) is 4.19. The van der Waals surface area contributed by atoms with Gasteiger partial charge in [0.25, 0.3) is 5.91 Å². The van der Waals surface area contributed by atoms with Crippen molar-refractivity contribution in [1.29, 1.82) is 0 Å². The highest BCUT2D eigenvalue weighted by Crippen LogP contribution is 2.38. The van der Waals surface area contributed by atoms with Crippen molar-refractivity contribution in [2.24, 2.45) is 5.73 Å². The molecule has 3 aromatic rings. The second-order valence-electron chi connectivity index (χ2n) is 7.73. The van der Waals surface area contributed by atoms with Crippen LogP contribution in [-0.4, -0.2) is 38.2 Å². The van der Waals surface area contributed by atoms with E-state index in [0.29, 0.717) is 17.2 Å². The highest BCUT2D eigenvalue weighted by atomic mass is 32.2. The van der Waals surface area contributed by atoms with Gasteiger partial charge in [0.2, 0.25) is 0 Å². The predicted molar refractivity (Wildman–Crippen MR) is 124 cm³/mol. The molecule has 0 aliphatic carbocycles. The van der Waals surface area contributed by atoms with Gasteiger partial charge in [0.15, 0.2) is 0 Å². The van der Waals surface area contributed by atoms with Crippen molar-refractivity contribution in [2.75, 3.05) is 18.8 Å². The summed E-state index contributed by atoms with van der Waals surface area (Å²) in [5.41, 5.74) is 9.48. The van der Waals surface area contributed by atoms with Gasteiger partial charge in [0, 0.05) is 40.2 Å². The average molecular weight is 442 g/mol. The Kier molecular flexibility index (Phi) is 6.32. The number of fused-ring (bicyclic) bond motifs is 1. The van der Waals surface area contributed by atoms with Crippen LogP contribution in [0, 0.1) is 6.92 Å². The molecule has 1 fully saturated rings. The Labute approximate surface area is 184 Å². The summed E-state index contributed by atoms with van der Waals surface area (Å²) in [7, 11) is -0.879. The normalized spacial score (nSPS) is 16.7. The molecule has 0 saturated carbocycles. The van der Waals surface area contributed by atoms with E-state index in [9.17, 15) is 9.00 Å². The molecule has 3 N–H and O–H groups in total. The van der Waals surface area contributed by atoms with Crippen LogP contribution in [0.1, 0.15) is 47.2 Å². The molecule has 1 amide bonds. The molecule has 5 nitrogen and oxygen atoms in total. The smallest absolute Gasteiger partial charge is 0.250 e. The van der Waals surface area contributed by atoms with Gasteiger partial charge in [-0.2, -0.15) is 0 Å². The van der Waals surface area contributed by atoms with Crippen LogP contribution in [0.25, 0.3) is 10.9 Å². The van der Waals surface area contributed by atoms with Gasteiger partial charge in [-0.15, -0.1) is 0 Å². The zero-order valence-electron chi connectivity index (χ0n) is 17.3. The standard InChI is InChI=1S/C23H27N3O2S2/c1-3-30(28)26-9-7-16(8-10-26)21-14-25-22-19(21)12-18(13-20(22)23(24)27)29-17-6-4-5-15(2)11-17/h4-6,11-14,16,25H,3,7-10H2,1-2H3,(H2,24,27). The van der Waals surface area contributed by atoms with Crippen LogP contribution in [0.5, 0.6) is 0 Å². The molecule has 1 unspecified atom stereocenters. The van der Waals surface area contributed by atoms with Gasteiger partial charge in [-0.1, -0.05) is 36.4 Å². The van der Waals surface area contributed by atoms with E-state index in [1.54, 1.807) is 11.8 Å². The van der Waals surface area contributed by atoms with Crippen LogP contribution >= 0.6 is 11.8 Å². The van der Waals surface area contributed by atoms with Gasteiger partial charge >= 0.3 is 0 Å². The highest BCUT2D eigenvalue weighted by molar-refractivity contribution is 7.99. The Balaban J connectivity index is 1.67. The number of primary amides is 1. The maximum Gasteiger partial charge on any atom is 0.250 e. The molecule has 4 rings (SSSR count). The Hall–Kier alpha value is -2.09. The van der Waals surface area contributed by atoms with Gasteiger partial charge in [-0.25, -0.2) is 8.51 Å². The molecule has 1 aliphatic heterocycles. The quantitative estimate of drug-likeness (QED) is 0.587. The van der Waals surface area contributed by atoms with E-state index in [4.69, 9.17) is 5.73 Å². The number of nitrogens with two attached hydrogens (primary N) is 1. The molecule has 1 atom stereocenters. The van der Waals surface area contributed by atoms with Crippen molar-refractivity contribution < 1.29 is 9.00 Å². The van der Waals surface area contributed by atoms with Crippen molar-refractivity contribution in [2.45, 2.75) is 42.4 Å². The number of rotatable bonds is 6. The molecule has 2 heterocycles. The number of aryl methyl sites for hydroxylation is 1. The number of hydrogen-bond acceptors (Lipinski definition) is 3. The lowest BCUT2D eigenvalue weighted by Gasteiger charge is -2.30. The second kappa shape index (κ2) is 8.96. The Morgan fingerprint density at radius 1 is 1.23 bits per heavy atom. The average Bonchev–Trinajstić information content (AvgIpc) is 3.16. The lowest BCUT2D eigenvalue weighted by Crippen LogP contribution is -2.35. The number of benzene rings is 2. The van der Waals surface area contributed by atoms with E-state index >= 15 is 0 Å². The van der Waals surface area contributed by atoms with Crippen LogP contribution in [0.2, 0.25) is 0 Å². The number of aromatic nitrogens is 1. The molecular weight excluding hydrogens is 414 g/mol. The third kappa shape index (κ3) is 4.33. The topological polar surface area (TPSA) is 79.2 Å². The monoisotopic (exact) mass is 441 g/mol. The third-order valence-electron chi connectivity index (χ3n) is 5.71. The summed E-state index contributed by atoms with van der Waals surface area (Å²) in [5.74, 6) is 0.622. The molecule has 30 heavy (non-hydrogen) atoms. The zero-order chi connectivity index (χ0) is 21.3. The number of nitrogens with zero attached hydrogens (tertiary/aromatic N) is 1. The van der Waals surface area contributed by atoms with Gasteiger partial charge < -0.3 is 10.7 Å². The highest BCUT2D eigenvalue weighted by Gasteiger charge is 2.26. The second-order valence-corrected chi connectivity index (χ2v) is 10.6.